The van der Waals surface area contributed by atoms with E-state index in [0.717, 1.165) is 25.4 Å². The number of likely N-dealkylation sites (tertiary alicyclic amines) is 2. The third-order valence-corrected chi connectivity index (χ3v) is 4.15. The molecule has 2 fully saturated rings. The van der Waals surface area contributed by atoms with E-state index in [1.54, 1.807) is 0 Å². The Morgan fingerprint density at radius 1 is 1.25 bits per heavy atom. The molecule has 0 saturated carbocycles. The zero-order valence-corrected chi connectivity index (χ0v) is 10.6. The highest BCUT2D eigenvalue weighted by atomic mass is 16.1. The summed E-state index contributed by atoms with van der Waals surface area (Å²) in [6.07, 6.45) is 4.74. The molecule has 2 aliphatic heterocycles. The Balaban J connectivity index is 1.69. The molecule has 0 aromatic rings. The number of hydrogen-bond donors (Lipinski definition) is 0. The summed E-state index contributed by atoms with van der Waals surface area (Å²) in [6, 6.07) is 0. The second-order valence-corrected chi connectivity index (χ2v) is 6.03. The van der Waals surface area contributed by atoms with Gasteiger partial charge in [-0.1, -0.05) is 13.8 Å². The van der Waals surface area contributed by atoms with Gasteiger partial charge in [0.25, 0.3) is 0 Å². The molecular formula is C13H24N2O. The van der Waals surface area contributed by atoms with Gasteiger partial charge in [-0.3, -0.25) is 4.79 Å². The summed E-state index contributed by atoms with van der Waals surface area (Å²) in [7, 11) is 0. The van der Waals surface area contributed by atoms with Gasteiger partial charge in [0.05, 0.1) is 0 Å². The molecule has 0 aliphatic carbocycles. The van der Waals surface area contributed by atoms with Crippen LogP contribution in [-0.2, 0) is 4.79 Å². The van der Waals surface area contributed by atoms with Crippen LogP contribution in [0.4, 0.5) is 0 Å². The molecule has 0 unspecified atom stereocenters. The highest BCUT2D eigenvalue weighted by Crippen LogP contribution is 2.40. The summed E-state index contributed by atoms with van der Waals surface area (Å²) in [4.78, 5) is 15.1. The molecule has 16 heavy (non-hydrogen) atoms. The van der Waals surface area contributed by atoms with Crippen LogP contribution in [0, 0.1) is 11.3 Å². The number of amides is 1. The Kier molecular flexibility index (Phi) is 3.53. The van der Waals surface area contributed by atoms with E-state index in [0.29, 0.717) is 5.41 Å². The monoisotopic (exact) mass is 224 g/mol. The first-order chi connectivity index (χ1) is 7.63. The van der Waals surface area contributed by atoms with Crippen molar-refractivity contribution in [2.75, 3.05) is 32.7 Å². The van der Waals surface area contributed by atoms with Gasteiger partial charge >= 0.3 is 0 Å². The second-order valence-electron chi connectivity index (χ2n) is 6.03. The summed E-state index contributed by atoms with van der Waals surface area (Å²) < 4.78 is 0. The average Bonchev–Trinajstić information content (AvgIpc) is 2.24. The summed E-state index contributed by atoms with van der Waals surface area (Å²) in [5.41, 5.74) is 0.566. The normalized spacial score (nSPS) is 24.8. The van der Waals surface area contributed by atoms with Gasteiger partial charge in [-0.05, 0) is 37.1 Å². The summed E-state index contributed by atoms with van der Waals surface area (Å²) in [6.45, 7) is 10.3. The summed E-state index contributed by atoms with van der Waals surface area (Å²) in [5.74, 6) is 0.813. The third-order valence-electron chi connectivity index (χ3n) is 4.15. The van der Waals surface area contributed by atoms with Crippen molar-refractivity contribution in [3.05, 3.63) is 0 Å². The standard InChI is InChI=1S/C13H24N2O/c1-12(2)3-6-15-9-13(10-15)4-7-14(11-16)8-5-13/h11-12H,3-10H2,1-2H3. The first kappa shape index (κ1) is 11.9. The van der Waals surface area contributed by atoms with Crippen LogP contribution in [0.25, 0.3) is 0 Å². The molecule has 0 atom stereocenters. The Hall–Kier alpha value is -0.570. The molecule has 1 spiro atoms. The Morgan fingerprint density at radius 2 is 1.88 bits per heavy atom. The highest BCUT2D eigenvalue weighted by Gasteiger charge is 2.44. The van der Waals surface area contributed by atoms with Crippen molar-refractivity contribution in [3.63, 3.8) is 0 Å². The van der Waals surface area contributed by atoms with Gasteiger partial charge in [-0.25, -0.2) is 0 Å². The maximum Gasteiger partial charge on any atom is 0.209 e. The lowest BCUT2D eigenvalue weighted by Crippen LogP contribution is -2.60. The number of carbonyl (C=O) groups excluding carboxylic acids is 1. The third kappa shape index (κ3) is 2.57. The zero-order valence-electron chi connectivity index (χ0n) is 10.6. The molecule has 92 valence electrons. The van der Waals surface area contributed by atoms with Gasteiger partial charge in [0.2, 0.25) is 6.41 Å². The molecule has 2 saturated heterocycles. The molecular weight excluding hydrogens is 200 g/mol. The molecule has 0 aromatic carbocycles. The largest absolute Gasteiger partial charge is 0.345 e. The van der Waals surface area contributed by atoms with Crippen molar-refractivity contribution in [1.82, 2.24) is 9.80 Å². The number of carbonyl (C=O) groups is 1. The Labute approximate surface area is 98.8 Å². The zero-order chi connectivity index (χ0) is 11.6. The van der Waals surface area contributed by atoms with Crippen LogP contribution >= 0.6 is 0 Å². The van der Waals surface area contributed by atoms with Crippen molar-refractivity contribution in [2.24, 2.45) is 11.3 Å². The molecule has 3 heteroatoms. The predicted octanol–water partition coefficient (Wildman–Crippen LogP) is 1.59. The fourth-order valence-electron chi connectivity index (χ4n) is 2.92. The maximum atomic E-state index is 10.6. The lowest BCUT2D eigenvalue weighted by molar-refractivity contribution is -0.123. The van der Waals surface area contributed by atoms with Crippen molar-refractivity contribution < 1.29 is 4.79 Å². The summed E-state index contributed by atoms with van der Waals surface area (Å²) in [5, 5.41) is 0. The van der Waals surface area contributed by atoms with Crippen LogP contribution < -0.4 is 0 Å². The van der Waals surface area contributed by atoms with E-state index in [-0.39, 0.29) is 0 Å². The van der Waals surface area contributed by atoms with Crippen molar-refractivity contribution in [2.45, 2.75) is 33.1 Å². The van der Waals surface area contributed by atoms with Gasteiger partial charge in [0.15, 0.2) is 0 Å². The molecule has 0 bridgehead atoms. The van der Waals surface area contributed by atoms with Crippen LogP contribution in [-0.4, -0.2) is 48.9 Å². The molecule has 0 radical (unpaired) electrons. The lowest BCUT2D eigenvalue weighted by Gasteiger charge is -2.54. The first-order valence-corrected chi connectivity index (χ1v) is 6.55. The lowest BCUT2D eigenvalue weighted by atomic mass is 9.72. The fourth-order valence-corrected chi connectivity index (χ4v) is 2.92. The number of piperidine rings is 1. The van der Waals surface area contributed by atoms with E-state index in [2.05, 4.69) is 18.7 Å². The SMILES string of the molecule is CC(C)CCN1CC2(CCN(C=O)CC2)C1. The van der Waals surface area contributed by atoms with Crippen molar-refractivity contribution in [1.29, 1.82) is 0 Å². The number of nitrogens with zero attached hydrogens (tertiary/aromatic N) is 2. The molecule has 0 aromatic heterocycles. The van der Waals surface area contributed by atoms with Crippen LogP contribution in [0.15, 0.2) is 0 Å². The van der Waals surface area contributed by atoms with Gasteiger partial charge in [0.1, 0.15) is 0 Å². The van der Waals surface area contributed by atoms with Crippen LogP contribution in [0.2, 0.25) is 0 Å². The Bertz CT molecular complexity index is 236. The van der Waals surface area contributed by atoms with Crippen LogP contribution in [0.5, 0.6) is 0 Å². The van der Waals surface area contributed by atoms with E-state index in [1.165, 1.54) is 38.9 Å². The Morgan fingerprint density at radius 3 is 2.38 bits per heavy atom. The van der Waals surface area contributed by atoms with E-state index < -0.39 is 0 Å². The minimum atomic E-state index is 0.566. The molecule has 2 aliphatic rings. The van der Waals surface area contributed by atoms with E-state index in [4.69, 9.17) is 0 Å². The smallest absolute Gasteiger partial charge is 0.209 e. The summed E-state index contributed by atoms with van der Waals surface area (Å²) >= 11 is 0. The van der Waals surface area contributed by atoms with Gasteiger partial charge in [0, 0.05) is 26.2 Å². The molecule has 2 heterocycles. The fraction of sp³-hybridized carbons (Fsp3) is 0.923. The van der Waals surface area contributed by atoms with Crippen molar-refractivity contribution in [3.8, 4) is 0 Å². The minimum absolute atomic E-state index is 0.566. The van der Waals surface area contributed by atoms with Gasteiger partial charge in [-0.15, -0.1) is 0 Å². The van der Waals surface area contributed by atoms with E-state index >= 15 is 0 Å². The van der Waals surface area contributed by atoms with E-state index in [1.807, 2.05) is 4.90 Å². The number of hydrogen-bond acceptors (Lipinski definition) is 2. The molecule has 1 amide bonds. The van der Waals surface area contributed by atoms with Crippen molar-refractivity contribution >= 4 is 6.41 Å². The minimum Gasteiger partial charge on any atom is -0.345 e. The average molecular weight is 224 g/mol. The predicted molar refractivity (Wildman–Crippen MR) is 65.2 cm³/mol. The molecule has 0 N–H and O–H groups in total. The molecule has 3 nitrogen and oxygen atoms in total. The van der Waals surface area contributed by atoms with E-state index in [9.17, 15) is 4.79 Å². The van der Waals surface area contributed by atoms with Crippen LogP contribution in [0.3, 0.4) is 0 Å². The number of rotatable bonds is 4. The van der Waals surface area contributed by atoms with Gasteiger partial charge in [-0.2, -0.15) is 0 Å². The van der Waals surface area contributed by atoms with Crippen LogP contribution in [0.1, 0.15) is 33.1 Å². The van der Waals surface area contributed by atoms with Gasteiger partial charge < -0.3 is 9.80 Å². The topological polar surface area (TPSA) is 23.6 Å². The first-order valence-electron chi connectivity index (χ1n) is 6.55. The highest BCUT2D eigenvalue weighted by molar-refractivity contribution is 5.47. The maximum absolute atomic E-state index is 10.6. The molecule has 2 rings (SSSR count). The second kappa shape index (κ2) is 4.74. The quantitative estimate of drug-likeness (QED) is 0.677.